The number of rotatable bonds is 6. The Morgan fingerprint density at radius 2 is 1.88 bits per heavy atom. The Kier molecular flexibility index (Phi) is 7.01. The van der Waals surface area contributed by atoms with Gasteiger partial charge in [0.2, 0.25) is 5.91 Å². The van der Waals surface area contributed by atoms with E-state index in [1.54, 1.807) is 19.0 Å². The molecule has 1 aliphatic rings. The Bertz CT molecular complexity index is 448. The number of hydrogen-bond acceptors (Lipinski definition) is 5. The molecule has 0 N–H and O–H groups in total. The first-order valence-corrected chi connectivity index (χ1v) is 12.6. The van der Waals surface area contributed by atoms with Gasteiger partial charge in [-0.3, -0.25) is 4.79 Å². The Balaban J connectivity index is 3.14. The van der Waals surface area contributed by atoms with E-state index in [2.05, 4.69) is 33.9 Å². The van der Waals surface area contributed by atoms with Gasteiger partial charge in [-0.15, -0.1) is 11.8 Å². The molecule has 142 valence electrons. The lowest BCUT2D eigenvalue weighted by atomic mass is 10.1. The topological polar surface area (TPSA) is 48.0 Å². The summed E-state index contributed by atoms with van der Waals surface area (Å²) >= 11 is 1.52. The van der Waals surface area contributed by atoms with Crippen molar-refractivity contribution in [3.8, 4) is 0 Å². The molecular weight excluding hydrogens is 342 g/mol. The van der Waals surface area contributed by atoms with Crippen LogP contribution in [0.1, 0.15) is 34.6 Å². The SMILES string of the molecule is CS[C@H](C(=O)N(C)C)[C@H](O[Si](C)(C)C(C)(C)C)[C@H]1COC(C)(C)O1. The van der Waals surface area contributed by atoms with Gasteiger partial charge in [0.05, 0.1) is 12.7 Å². The van der Waals surface area contributed by atoms with Crippen LogP contribution in [0.25, 0.3) is 0 Å². The molecule has 0 aromatic heterocycles. The van der Waals surface area contributed by atoms with Gasteiger partial charge in [0, 0.05) is 14.1 Å². The third-order valence-electron chi connectivity index (χ3n) is 4.87. The van der Waals surface area contributed by atoms with Gasteiger partial charge in [-0.05, 0) is 38.2 Å². The van der Waals surface area contributed by atoms with Crippen molar-refractivity contribution in [2.45, 2.75) is 76.0 Å². The van der Waals surface area contributed by atoms with Crippen molar-refractivity contribution in [3.05, 3.63) is 0 Å². The van der Waals surface area contributed by atoms with E-state index >= 15 is 0 Å². The summed E-state index contributed by atoms with van der Waals surface area (Å²) in [7, 11) is 1.50. The van der Waals surface area contributed by atoms with Crippen LogP contribution >= 0.6 is 11.8 Å². The minimum absolute atomic E-state index is 0.0551. The molecule has 1 aliphatic heterocycles. The van der Waals surface area contributed by atoms with Gasteiger partial charge >= 0.3 is 0 Å². The van der Waals surface area contributed by atoms with E-state index in [-0.39, 0.29) is 28.4 Å². The van der Waals surface area contributed by atoms with Crippen LogP contribution in [-0.4, -0.2) is 69.3 Å². The summed E-state index contributed by atoms with van der Waals surface area (Å²) in [6.07, 6.45) is 1.39. The first kappa shape index (κ1) is 22.0. The molecule has 0 bridgehead atoms. The number of carbonyl (C=O) groups is 1. The van der Waals surface area contributed by atoms with E-state index in [1.165, 1.54) is 11.8 Å². The summed E-state index contributed by atoms with van der Waals surface area (Å²) in [5, 5.41) is -0.249. The van der Waals surface area contributed by atoms with E-state index in [0.29, 0.717) is 6.61 Å². The molecule has 1 fully saturated rings. The predicted octanol–water partition coefficient (Wildman–Crippen LogP) is 3.35. The van der Waals surface area contributed by atoms with Crippen LogP contribution < -0.4 is 0 Å². The maximum Gasteiger partial charge on any atom is 0.237 e. The zero-order valence-electron chi connectivity index (χ0n) is 16.9. The van der Waals surface area contributed by atoms with Gasteiger partial charge < -0.3 is 18.8 Å². The summed E-state index contributed by atoms with van der Waals surface area (Å²) in [6, 6.07) is 0. The van der Waals surface area contributed by atoms with Crippen molar-refractivity contribution in [2.24, 2.45) is 0 Å². The monoisotopic (exact) mass is 377 g/mol. The zero-order valence-corrected chi connectivity index (χ0v) is 18.7. The van der Waals surface area contributed by atoms with E-state index in [4.69, 9.17) is 13.9 Å². The van der Waals surface area contributed by atoms with Crippen LogP contribution in [0.5, 0.6) is 0 Å². The molecular formula is C17H35NO4SSi. The molecule has 1 saturated heterocycles. The molecule has 7 heteroatoms. The smallest absolute Gasteiger partial charge is 0.237 e. The maximum absolute atomic E-state index is 12.7. The molecule has 1 rings (SSSR count). The molecule has 0 spiro atoms. The minimum atomic E-state index is -2.06. The number of ether oxygens (including phenoxy) is 2. The van der Waals surface area contributed by atoms with Crippen molar-refractivity contribution < 1.29 is 18.7 Å². The fourth-order valence-corrected chi connectivity index (χ4v) is 4.69. The second-order valence-electron chi connectivity index (χ2n) is 8.60. The number of nitrogens with zero attached hydrogens (tertiary/aromatic N) is 1. The summed E-state index contributed by atoms with van der Waals surface area (Å²) in [6.45, 7) is 15.3. The molecule has 5 nitrogen and oxygen atoms in total. The lowest BCUT2D eigenvalue weighted by Gasteiger charge is -2.42. The Morgan fingerprint density at radius 1 is 1.33 bits per heavy atom. The first-order chi connectivity index (χ1) is 10.7. The summed E-state index contributed by atoms with van der Waals surface area (Å²) in [4.78, 5) is 14.3. The Labute approximate surface area is 152 Å². The second kappa shape index (κ2) is 7.66. The highest BCUT2D eigenvalue weighted by molar-refractivity contribution is 8.00. The van der Waals surface area contributed by atoms with Gasteiger partial charge in [-0.2, -0.15) is 0 Å². The van der Waals surface area contributed by atoms with E-state index in [0.717, 1.165) is 0 Å². The second-order valence-corrected chi connectivity index (χ2v) is 14.3. The van der Waals surface area contributed by atoms with E-state index < -0.39 is 14.1 Å². The normalized spacial score (nSPS) is 23.8. The molecule has 3 atom stereocenters. The highest BCUT2D eigenvalue weighted by atomic mass is 32.2. The quantitative estimate of drug-likeness (QED) is 0.664. The van der Waals surface area contributed by atoms with Crippen LogP contribution in [0.15, 0.2) is 0 Å². The third kappa shape index (κ3) is 5.21. The van der Waals surface area contributed by atoms with Gasteiger partial charge in [0.15, 0.2) is 14.1 Å². The molecule has 1 amide bonds. The first-order valence-electron chi connectivity index (χ1n) is 8.45. The van der Waals surface area contributed by atoms with Gasteiger partial charge in [0.1, 0.15) is 11.4 Å². The van der Waals surface area contributed by atoms with Gasteiger partial charge in [-0.25, -0.2) is 0 Å². The maximum atomic E-state index is 12.7. The molecule has 0 aliphatic carbocycles. The number of amides is 1. The third-order valence-corrected chi connectivity index (χ3v) is 10.3. The number of thioether (sulfide) groups is 1. The molecule has 1 heterocycles. The van der Waals surface area contributed by atoms with E-state index in [1.807, 2.05) is 20.1 Å². The number of carbonyl (C=O) groups excluding carboxylic acids is 1. The van der Waals surface area contributed by atoms with Crippen LogP contribution in [0.3, 0.4) is 0 Å². The van der Waals surface area contributed by atoms with Crippen LogP contribution in [0, 0.1) is 0 Å². The summed E-state index contributed by atoms with van der Waals surface area (Å²) in [5.74, 6) is -0.580. The highest BCUT2D eigenvalue weighted by Crippen LogP contribution is 2.40. The fraction of sp³-hybridized carbons (Fsp3) is 0.941. The molecule has 0 saturated carbocycles. The van der Waals surface area contributed by atoms with Gasteiger partial charge in [-0.1, -0.05) is 20.8 Å². The summed E-state index contributed by atoms with van der Waals surface area (Å²) < 4.78 is 18.5. The van der Waals surface area contributed by atoms with Crippen molar-refractivity contribution in [1.29, 1.82) is 0 Å². The lowest BCUT2D eigenvalue weighted by Crippen LogP contribution is -2.54. The van der Waals surface area contributed by atoms with Crippen LogP contribution in [0.2, 0.25) is 18.1 Å². The van der Waals surface area contributed by atoms with Crippen molar-refractivity contribution in [3.63, 3.8) is 0 Å². The Morgan fingerprint density at radius 3 is 2.21 bits per heavy atom. The van der Waals surface area contributed by atoms with Crippen molar-refractivity contribution in [2.75, 3.05) is 27.0 Å². The van der Waals surface area contributed by atoms with Crippen LogP contribution in [-0.2, 0) is 18.7 Å². The highest BCUT2D eigenvalue weighted by Gasteiger charge is 2.48. The fourth-order valence-electron chi connectivity index (χ4n) is 2.36. The van der Waals surface area contributed by atoms with Crippen molar-refractivity contribution >= 4 is 26.0 Å². The predicted molar refractivity (Wildman–Crippen MR) is 103 cm³/mol. The van der Waals surface area contributed by atoms with Crippen molar-refractivity contribution in [1.82, 2.24) is 4.90 Å². The standard InChI is InChI=1S/C17H35NO4SSi/c1-16(2,3)24(9,10)22-13(12-11-20-17(4,5)21-12)14(23-8)15(19)18(6)7/h12-14H,11H2,1-10H3/t12-,13-,14+/m1/s1. The zero-order chi connectivity index (χ0) is 18.9. The molecule has 0 unspecified atom stereocenters. The van der Waals surface area contributed by atoms with Crippen LogP contribution in [0.4, 0.5) is 0 Å². The largest absolute Gasteiger partial charge is 0.410 e. The van der Waals surface area contributed by atoms with Gasteiger partial charge in [0.25, 0.3) is 0 Å². The Hall–Kier alpha value is -0.0831. The average molecular weight is 378 g/mol. The molecule has 0 radical (unpaired) electrons. The molecule has 0 aromatic carbocycles. The molecule has 24 heavy (non-hydrogen) atoms. The lowest BCUT2D eigenvalue weighted by molar-refractivity contribution is -0.153. The molecule has 0 aromatic rings. The average Bonchev–Trinajstić information content (AvgIpc) is 2.76. The summed E-state index contributed by atoms with van der Waals surface area (Å²) in [5.41, 5.74) is 0. The van der Waals surface area contributed by atoms with E-state index in [9.17, 15) is 4.79 Å². The number of hydrogen-bond donors (Lipinski definition) is 0. The minimum Gasteiger partial charge on any atom is -0.410 e.